The third kappa shape index (κ3) is 4.28. The van der Waals surface area contributed by atoms with Gasteiger partial charge in [-0.3, -0.25) is 0 Å². The van der Waals surface area contributed by atoms with E-state index >= 15 is 0 Å². The van der Waals surface area contributed by atoms with Crippen LogP contribution in [0.25, 0.3) is 11.1 Å². The Morgan fingerprint density at radius 3 is 1.63 bits per heavy atom. The van der Waals surface area contributed by atoms with Gasteiger partial charge in [0.25, 0.3) is 0 Å². The van der Waals surface area contributed by atoms with Gasteiger partial charge in [0.15, 0.2) is 0 Å². The molecule has 6 rings (SSSR count). The fraction of sp³-hybridized carbons (Fsp3) is 0.610. The van der Waals surface area contributed by atoms with E-state index in [0.717, 1.165) is 12.8 Å². The molecule has 0 bridgehead atoms. The lowest BCUT2D eigenvalue weighted by Crippen LogP contribution is -2.48. The molecule has 0 amide bonds. The van der Waals surface area contributed by atoms with E-state index in [1.807, 2.05) is 0 Å². The van der Waals surface area contributed by atoms with Gasteiger partial charge in [0.05, 0.1) is 0 Å². The summed E-state index contributed by atoms with van der Waals surface area (Å²) in [6, 6.07) is 10.5. The summed E-state index contributed by atoms with van der Waals surface area (Å²) in [4.78, 5) is 0. The van der Waals surface area contributed by atoms with E-state index in [9.17, 15) is 0 Å². The highest BCUT2D eigenvalue weighted by molar-refractivity contribution is 5.80. The molecule has 4 aliphatic carbocycles. The van der Waals surface area contributed by atoms with E-state index in [0.29, 0.717) is 5.92 Å². The maximum Gasteiger partial charge on any atom is -0.00132 e. The lowest BCUT2D eigenvalue weighted by molar-refractivity contribution is 0.105. The van der Waals surface area contributed by atoms with Crippen LogP contribution in [0.15, 0.2) is 47.6 Å². The zero-order valence-electron chi connectivity index (χ0n) is 28.6. The summed E-state index contributed by atoms with van der Waals surface area (Å²) in [5, 5.41) is 0. The Labute approximate surface area is 252 Å². The Hall–Kier alpha value is -2.08. The molecule has 0 heteroatoms. The number of rotatable bonds is 2. The monoisotopic (exact) mass is 548 g/mol. The van der Waals surface area contributed by atoms with Crippen molar-refractivity contribution < 1.29 is 0 Å². The van der Waals surface area contributed by atoms with Crippen LogP contribution in [0.5, 0.6) is 0 Å². The lowest BCUT2D eigenvalue weighted by atomic mass is 9.50. The molecule has 2 aromatic rings. The van der Waals surface area contributed by atoms with E-state index in [1.165, 1.54) is 36.0 Å². The molecular formula is C41H56. The van der Waals surface area contributed by atoms with Crippen molar-refractivity contribution in [2.45, 2.75) is 144 Å². The van der Waals surface area contributed by atoms with Crippen LogP contribution in [0.1, 0.15) is 149 Å². The van der Waals surface area contributed by atoms with Gasteiger partial charge in [-0.15, -0.1) is 0 Å². The fourth-order valence-electron chi connectivity index (χ4n) is 9.34. The minimum Gasteiger partial charge on any atom is -0.0767 e. The first-order valence-corrected chi connectivity index (χ1v) is 16.4. The van der Waals surface area contributed by atoms with Gasteiger partial charge in [0.2, 0.25) is 0 Å². The van der Waals surface area contributed by atoms with Crippen LogP contribution in [-0.4, -0.2) is 0 Å². The second-order valence-corrected chi connectivity index (χ2v) is 18.4. The van der Waals surface area contributed by atoms with Gasteiger partial charge < -0.3 is 0 Å². The topological polar surface area (TPSA) is 0 Å². The number of hydrogen-bond donors (Lipinski definition) is 0. The maximum atomic E-state index is 2.66. The Morgan fingerprint density at radius 2 is 1.12 bits per heavy atom. The highest BCUT2D eigenvalue weighted by Crippen LogP contribution is 2.60. The predicted molar refractivity (Wildman–Crippen MR) is 178 cm³/mol. The van der Waals surface area contributed by atoms with Crippen molar-refractivity contribution in [3.05, 3.63) is 80.9 Å². The van der Waals surface area contributed by atoms with Crippen molar-refractivity contribution in [1.82, 2.24) is 0 Å². The molecule has 0 saturated heterocycles. The Balaban J connectivity index is 1.45. The summed E-state index contributed by atoms with van der Waals surface area (Å²) in [5.74, 6) is 0.576. The van der Waals surface area contributed by atoms with Crippen molar-refractivity contribution in [2.24, 2.45) is 16.7 Å². The van der Waals surface area contributed by atoms with Gasteiger partial charge >= 0.3 is 0 Å². The van der Waals surface area contributed by atoms with Gasteiger partial charge in [0, 0.05) is 0 Å². The molecular weight excluding hydrogens is 492 g/mol. The van der Waals surface area contributed by atoms with Gasteiger partial charge in [-0.25, -0.2) is 0 Å². The Kier molecular flexibility index (Phi) is 6.02. The molecule has 220 valence electrons. The Morgan fingerprint density at radius 1 is 0.634 bits per heavy atom. The Bertz CT molecular complexity index is 1500. The van der Waals surface area contributed by atoms with E-state index < -0.39 is 0 Å². The SMILES string of the molecule is CC(C)(C)C1=CCC(C(C)(C)C2CC(C)(C)c3cc4c(cc3C2(C)C)Cc2cc3c(cc2-4)C(C)(C)CCC3(C)C)=C1. The molecule has 0 fully saturated rings. The molecule has 4 aliphatic rings. The summed E-state index contributed by atoms with van der Waals surface area (Å²) in [6.45, 7) is 32.1. The zero-order chi connectivity index (χ0) is 30.1. The van der Waals surface area contributed by atoms with Crippen molar-refractivity contribution in [3.63, 3.8) is 0 Å². The molecule has 0 saturated carbocycles. The van der Waals surface area contributed by atoms with E-state index in [-0.39, 0.29) is 32.5 Å². The van der Waals surface area contributed by atoms with Crippen LogP contribution in [0.4, 0.5) is 0 Å². The summed E-state index contributed by atoms with van der Waals surface area (Å²) < 4.78 is 0. The molecule has 0 nitrogen and oxygen atoms in total. The number of hydrogen-bond acceptors (Lipinski definition) is 0. The molecule has 0 spiro atoms. The molecule has 0 radical (unpaired) electrons. The number of fused-ring (bicyclic) bond motifs is 5. The predicted octanol–water partition coefficient (Wildman–Crippen LogP) is 11.5. The van der Waals surface area contributed by atoms with Gasteiger partial charge in [-0.1, -0.05) is 132 Å². The van der Waals surface area contributed by atoms with Crippen LogP contribution in [0.3, 0.4) is 0 Å². The first kappa shape index (κ1) is 29.0. The standard InChI is InChI=1S/C41H56/c1-36(2,3)27-14-15-28(21-27)40(10,11)35-24-39(8,9)33-23-30-26(20-34(33)41(35,12)13)18-25-19-31-32(22-29(25)30)38(6,7)17-16-37(31,4)5/h14,19-23,35H,15-18,24H2,1-13H3. The summed E-state index contributed by atoms with van der Waals surface area (Å²) in [7, 11) is 0. The largest absolute Gasteiger partial charge is 0.0767 e. The molecule has 0 N–H and O–H groups in total. The van der Waals surface area contributed by atoms with Crippen LogP contribution in [0.2, 0.25) is 0 Å². The zero-order valence-corrected chi connectivity index (χ0v) is 28.6. The van der Waals surface area contributed by atoms with Crippen molar-refractivity contribution in [2.75, 3.05) is 0 Å². The first-order chi connectivity index (χ1) is 18.7. The van der Waals surface area contributed by atoms with Gasteiger partial charge in [0.1, 0.15) is 0 Å². The molecule has 0 aliphatic heterocycles. The molecule has 0 heterocycles. The van der Waals surface area contributed by atoms with Gasteiger partial charge in [-0.2, -0.15) is 0 Å². The van der Waals surface area contributed by atoms with Crippen LogP contribution >= 0.6 is 0 Å². The highest BCUT2D eigenvalue weighted by Gasteiger charge is 2.51. The summed E-state index contributed by atoms with van der Waals surface area (Å²) in [5.41, 5.74) is 16.7. The quantitative estimate of drug-likeness (QED) is 0.299. The normalized spacial score (nSPS) is 25.0. The maximum absolute atomic E-state index is 2.66. The van der Waals surface area contributed by atoms with E-state index in [4.69, 9.17) is 0 Å². The van der Waals surface area contributed by atoms with Gasteiger partial charge in [-0.05, 0) is 121 Å². The second kappa shape index (κ2) is 8.51. The second-order valence-electron chi connectivity index (χ2n) is 18.4. The third-order valence-electron chi connectivity index (χ3n) is 12.4. The van der Waals surface area contributed by atoms with Crippen LogP contribution < -0.4 is 0 Å². The van der Waals surface area contributed by atoms with Crippen LogP contribution in [0, 0.1) is 16.7 Å². The lowest BCUT2D eigenvalue weighted by Gasteiger charge is -2.54. The average Bonchev–Trinajstić information content (AvgIpc) is 3.49. The van der Waals surface area contributed by atoms with Crippen molar-refractivity contribution >= 4 is 0 Å². The third-order valence-corrected chi connectivity index (χ3v) is 12.4. The smallest absolute Gasteiger partial charge is 0.00132 e. The first-order valence-electron chi connectivity index (χ1n) is 16.4. The minimum absolute atomic E-state index is 0.104. The summed E-state index contributed by atoms with van der Waals surface area (Å²) in [6.07, 6.45) is 11.0. The number of benzene rings is 2. The average molecular weight is 549 g/mol. The number of allylic oxidation sites excluding steroid dienone is 4. The fourth-order valence-corrected chi connectivity index (χ4v) is 9.34. The molecule has 41 heavy (non-hydrogen) atoms. The molecule has 0 aromatic heterocycles. The molecule has 1 atom stereocenters. The highest BCUT2D eigenvalue weighted by atomic mass is 14.6. The van der Waals surface area contributed by atoms with E-state index in [2.05, 4.69) is 126 Å². The van der Waals surface area contributed by atoms with Crippen LogP contribution in [-0.2, 0) is 28.1 Å². The minimum atomic E-state index is 0.104. The summed E-state index contributed by atoms with van der Waals surface area (Å²) >= 11 is 0. The molecule has 1 unspecified atom stereocenters. The van der Waals surface area contributed by atoms with Crippen molar-refractivity contribution in [3.8, 4) is 11.1 Å². The van der Waals surface area contributed by atoms with E-state index in [1.54, 1.807) is 39.0 Å². The van der Waals surface area contributed by atoms with Crippen molar-refractivity contribution in [1.29, 1.82) is 0 Å². The molecule has 2 aromatic carbocycles.